The molecule has 0 spiro atoms. The highest BCUT2D eigenvalue weighted by molar-refractivity contribution is 5.67. The molecule has 124 valence electrons. The molecule has 0 aliphatic carbocycles. The summed E-state index contributed by atoms with van der Waals surface area (Å²) in [6.45, 7) is 11.6. The smallest absolute Gasteiger partial charge is 0.0440 e. The molecular formula is C22H26N2. The van der Waals surface area contributed by atoms with Crippen molar-refractivity contribution < 1.29 is 0 Å². The van der Waals surface area contributed by atoms with Gasteiger partial charge in [0.2, 0.25) is 0 Å². The van der Waals surface area contributed by atoms with E-state index in [-0.39, 0.29) is 0 Å². The number of hydrogen-bond donors (Lipinski definition) is 0. The summed E-state index contributed by atoms with van der Waals surface area (Å²) in [4.78, 5) is 5.02. The fraction of sp³-hybridized carbons (Fsp3) is 0.273. The minimum Gasteiger partial charge on any atom is -0.368 e. The maximum atomic E-state index is 3.94. The van der Waals surface area contributed by atoms with Crippen LogP contribution in [0.2, 0.25) is 0 Å². The second kappa shape index (κ2) is 7.98. The van der Waals surface area contributed by atoms with Gasteiger partial charge in [-0.2, -0.15) is 0 Å². The summed E-state index contributed by atoms with van der Waals surface area (Å²) < 4.78 is 0. The largest absolute Gasteiger partial charge is 0.368 e. The monoisotopic (exact) mass is 318 g/mol. The first kappa shape index (κ1) is 16.5. The van der Waals surface area contributed by atoms with Gasteiger partial charge in [0.05, 0.1) is 0 Å². The number of piperazine rings is 1. The molecule has 0 unspecified atom stereocenters. The first-order chi connectivity index (χ1) is 11.8. The summed E-state index contributed by atoms with van der Waals surface area (Å²) in [6.07, 6.45) is 4.24. The van der Waals surface area contributed by atoms with Gasteiger partial charge in [-0.1, -0.05) is 72.8 Å². The lowest BCUT2D eigenvalue weighted by Gasteiger charge is -2.37. The fourth-order valence-electron chi connectivity index (χ4n) is 3.33. The van der Waals surface area contributed by atoms with Crippen molar-refractivity contribution in [3.05, 3.63) is 77.9 Å². The quantitative estimate of drug-likeness (QED) is 0.797. The van der Waals surface area contributed by atoms with Crippen LogP contribution < -0.4 is 4.90 Å². The summed E-state index contributed by atoms with van der Waals surface area (Å²) in [5, 5.41) is 0. The molecule has 2 aromatic carbocycles. The van der Waals surface area contributed by atoms with Crippen LogP contribution in [0, 0.1) is 0 Å². The van der Waals surface area contributed by atoms with Crippen LogP contribution in [0.3, 0.4) is 0 Å². The molecule has 1 heterocycles. The standard InChI is InChI=1S/C22H26N2/c1-3-21-11-7-8-12-22(21)24-15-13-23(14-16-24)18-19(2)17-20-9-5-4-6-10-20/h3-12,17H,1,13-16,18H2,2H3. The number of anilines is 1. The van der Waals surface area contributed by atoms with Gasteiger partial charge in [0.15, 0.2) is 0 Å². The van der Waals surface area contributed by atoms with Crippen LogP contribution in [0.25, 0.3) is 12.2 Å². The fourth-order valence-corrected chi connectivity index (χ4v) is 3.33. The van der Waals surface area contributed by atoms with Crippen LogP contribution >= 0.6 is 0 Å². The zero-order chi connectivity index (χ0) is 16.8. The van der Waals surface area contributed by atoms with Gasteiger partial charge in [0, 0.05) is 38.4 Å². The van der Waals surface area contributed by atoms with Crippen molar-refractivity contribution in [2.24, 2.45) is 0 Å². The van der Waals surface area contributed by atoms with E-state index < -0.39 is 0 Å². The Kier molecular flexibility index (Phi) is 5.50. The molecule has 24 heavy (non-hydrogen) atoms. The lowest BCUT2D eigenvalue weighted by molar-refractivity contribution is 0.279. The van der Waals surface area contributed by atoms with E-state index in [9.17, 15) is 0 Å². The Bertz CT molecular complexity index is 695. The lowest BCUT2D eigenvalue weighted by Crippen LogP contribution is -2.47. The Morgan fingerprint density at radius 3 is 2.33 bits per heavy atom. The number of nitrogens with zero attached hydrogens (tertiary/aromatic N) is 2. The third-order valence-corrected chi connectivity index (χ3v) is 4.56. The second-order valence-corrected chi connectivity index (χ2v) is 6.43. The summed E-state index contributed by atoms with van der Waals surface area (Å²) in [6, 6.07) is 19.1. The van der Waals surface area contributed by atoms with Gasteiger partial charge in [-0.25, -0.2) is 0 Å². The van der Waals surface area contributed by atoms with Crippen LogP contribution in [0.1, 0.15) is 18.1 Å². The SMILES string of the molecule is C=Cc1ccccc1N1CCN(CC(C)=Cc2ccccc2)CC1. The third-order valence-electron chi connectivity index (χ3n) is 4.56. The molecule has 0 saturated carbocycles. The summed E-state index contributed by atoms with van der Waals surface area (Å²) in [5.41, 5.74) is 5.24. The number of benzene rings is 2. The molecule has 2 heteroatoms. The average Bonchev–Trinajstić information content (AvgIpc) is 2.63. The van der Waals surface area contributed by atoms with Crippen LogP contribution in [0.4, 0.5) is 5.69 Å². The van der Waals surface area contributed by atoms with Crippen molar-refractivity contribution in [2.75, 3.05) is 37.6 Å². The maximum Gasteiger partial charge on any atom is 0.0440 e. The van der Waals surface area contributed by atoms with E-state index in [0.717, 1.165) is 32.7 Å². The minimum atomic E-state index is 1.05. The van der Waals surface area contributed by atoms with Crippen molar-refractivity contribution in [2.45, 2.75) is 6.92 Å². The van der Waals surface area contributed by atoms with Crippen molar-refractivity contribution in [3.63, 3.8) is 0 Å². The zero-order valence-electron chi connectivity index (χ0n) is 14.5. The van der Waals surface area contributed by atoms with E-state index in [1.165, 1.54) is 22.4 Å². The molecule has 0 atom stereocenters. The van der Waals surface area contributed by atoms with Gasteiger partial charge in [-0.3, -0.25) is 4.90 Å². The van der Waals surface area contributed by atoms with Crippen molar-refractivity contribution in [3.8, 4) is 0 Å². The highest BCUT2D eigenvalue weighted by atomic mass is 15.3. The molecule has 0 N–H and O–H groups in total. The van der Waals surface area contributed by atoms with Gasteiger partial charge < -0.3 is 4.90 Å². The van der Waals surface area contributed by atoms with Crippen LogP contribution in [0.5, 0.6) is 0 Å². The highest BCUT2D eigenvalue weighted by Gasteiger charge is 2.18. The molecule has 2 aromatic rings. The van der Waals surface area contributed by atoms with E-state index in [0.29, 0.717) is 0 Å². The molecule has 0 radical (unpaired) electrons. The number of hydrogen-bond acceptors (Lipinski definition) is 2. The normalized spacial score (nSPS) is 16.2. The number of rotatable bonds is 5. The van der Waals surface area contributed by atoms with E-state index in [2.05, 4.69) is 84.0 Å². The Morgan fingerprint density at radius 1 is 0.958 bits per heavy atom. The Labute approximate surface area is 145 Å². The Hall–Kier alpha value is -2.32. The Morgan fingerprint density at radius 2 is 1.62 bits per heavy atom. The topological polar surface area (TPSA) is 6.48 Å². The van der Waals surface area contributed by atoms with Gasteiger partial charge in [-0.15, -0.1) is 0 Å². The van der Waals surface area contributed by atoms with Crippen LogP contribution in [0.15, 0.2) is 66.7 Å². The zero-order valence-corrected chi connectivity index (χ0v) is 14.5. The molecule has 0 amide bonds. The predicted molar refractivity (Wildman–Crippen MR) is 105 cm³/mol. The van der Waals surface area contributed by atoms with Crippen LogP contribution in [-0.2, 0) is 0 Å². The first-order valence-corrected chi connectivity index (χ1v) is 8.67. The van der Waals surface area contributed by atoms with Crippen molar-refractivity contribution in [1.29, 1.82) is 0 Å². The van der Waals surface area contributed by atoms with E-state index in [1.807, 2.05) is 6.08 Å². The molecule has 1 aliphatic rings. The molecule has 1 fully saturated rings. The molecule has 0 aromatic heterocycles. The lowest BCUT2D eigenvalue weighted by atomic mass is 10.1. The minimum absolute atomic E-state index is 1.05. The van der Waals surface area contributed by atoms with Crippen molar-refractivity contribution >= 4 is 17.8 Å². The predicted octanol–water partition coefficient (Wildman–Crippen LogP) is 4.56. The summed E-state index contributed by atoms with van der Waals surface area (Å²) in [5.74, 6) is 0. The maximum absolute atomic E-state index is 3.94. The third kappa shape index (κ3) is 4.15. The van der Waals surface area contributed by atoms with E-state index in [1.54, 1.807) is 0 Å². The second-order valence-electron chi connectivity index (χ2n) is 6.43. The molecule has 2 nitrogen and oxygen atoms in total. The molecule has 1 aliphatic heterocycles. The highest BCUT2D eigenvalue weighted by Crippen LogP contribution is 2.23. The molecule has 0 bridgehead atoms. The average molecular weight is 318 g/mol. The first-order valence-electron chi connectivity index (χ1n) is 8.67. The van der Waals surface area contributed by atoms with Gasteiger partial charge in [-0.05, 0) is 24.1 Å². The molecule has 1 saturated heterocycles. The van der Waals surface area contributed by atoms with Crippen molar-refractivity contribution in [1.82, 2.24) is 4.90 Å². The summed E-state index contributed by atoms with van der Waals surface area (Å²) >= 11 is 0. The number of para-hydroxylation sites is 1. The van der Waals surface area contributed by atoms with Crippen LogP contribution in [-0.4, -0.2) is 37.6 Å². The van der Waals surface area contributed by atoms with E-state index >= 15 is 0 Å². The van der Waals surface area contributed by atoms with E-state index in [4.69, 9.17) is 0 Å². The van der Waals surface area contributed by atoms with Gasteiger partial charge >= 0.3 is 0 Å². The molecule has 3 rings (SSSR count). The summed E-state index contributed by atoms with van der Waals surface area (Å²) in [7, 11) is 0. The molecular weight excluding hydrogens is 292 g/mol. The van der Waals surface area contributed by atoms with Gasteiger partial charge in [0.1, 0.15) is 0 Å². The Balaban J connectivity index is 1.57. The van der Waals surface area contributed by atoms with Gasteiger partial charge in [0.25, 0.3) is 0 Å².